The first-order chi connectivity index (χ1) is 9.08. The summed E-state index contributed by atoms with van der Waals surface area (Å²) < 4.78 is 0. The molecule has 2 atom stereocenters. The molecule has 6 heteroatoms. The minimum atomic E-state index is -1.36. The summed E-state index contributed by atoms with van der Waals surface area (Å²) in [6, 6.07) is 8.00. The molecule has 1 aliphatic rings. The molecule has 0 radical (unpaired) electrons. The van der Waals surface area contributed by atoms with Crippen molar-refractivity contribution in [1.82, 2.24) is 0 Å². The topological polar surface area (TPSA) is 67.9 Å². The lowest BCUT2D eigenvalue weighted by atomic mass is 10.0. The Morgan fingerprint density at radius 1 is 1.47 bits per heavy atom. The summed E-state index contributed by atoms with van der Waals surface area (Å²) in [4.78, 5) is 9.51. The largest absolute Gasteiger partial charge is 0.384 e. The Balaban J connectivity index is 2.19. The van der Waals surface area contributed by atoms with Gasteiger partial charge in [0, 0.05) is 0 Å². The van der Waals surface area contributed by atoms with E-state index in [0.29, 0.717) is 6.54 Å². The monoisotopic (exact) mass is 277 g/mol. The van der Waals surface area contributed by atoms with Crippen molar-refractivity contribution in [2.45, 2.75) is 11.9 Å². The van der Waals surface area contributed by atoms with Crippen LogP contribution < -0.4 is 0 Å². The first-order valence-electron chi connectivity index (χ1n) is 5.91. The Bertz CT molecular complexity index is 527. The summed E-state index contributed by atoms with van der Waals surface area (Å²) in [6.07, 6.45) is 5.43. The number of nitrogens with zero attached hydrogens (tertiary/aromatic N) is 3. The van der Waals surface area contributed by atoms with E-state index in [0.717, 1.165) is 17.3 Å². The highest BCUT2D eigenvalue weighted by atomic mass is 32.2. The molecular formula is C13H15N3O2S. The van der Waals surface area contributed by atoms with Crippen LogP contribution in [0.1, 0.15) is 11.1 Å². The molecule has 2 rings (SSSR count). The molecule has 0 amide bonds. The van der Waals surface area contributed by atoms with Crippen LogP contribution in [-0.4, -0.2) is 22.7 Å². The maximum atomic E-state index is 11.2. The second-order valence-electron chi connectivity index (χ2n) is 4.42. The molecular weight excluding hydrogens is 262 g/mol. The molecule has 1 heterocycles. The fourth-order valence-corrected chi connectivity index (χ4v) is 2.70. The fourth-order valence-electron chi connectivity index (χ4n) is 1.95. The standard InChI is InChI=1S/C13H15N3O2S/c1-10-3-5-11(6-4-10)7-8-12-9-14-15-13(12,19-2)16(17)18/h3-8,12H,9H2,1-2H3/b8-7+/t12-,13-/m0/s1. The highest BCUT2D eigenvalue weighted by Crippen LogP contribution is 2.39. The predicted octanol–water partition coefficient (Wildman–Crippen LogP) is 3.38. The number of hydrogen-bond donors (Lipinski definition) is 0. The Hall–Kier alpha value is -1.69. The molecule has 0 N–H and O–H groups in total. The summed E-state index contributed by atoms with van der Waals surface area (Å²) >= 11 is 1.12. The van der Waals surface area contributed by atoms with Crippen molar-refractivity contribution in [1.29, 1.82) is 0 Å². The van der Waals surface area contributed by atoms with Gasteiger partial charge in [0.2, 0.25) is 0 Å². The van der Waals surface area contributed by atoms with Gasteiger partial charge in [-0.25, -0.2) is 0 Å². The van der Waals surface area contributed by atoms with Crippen molar-refractivity contribution in [2.75, 3.05) is 12.8 Å². The van der Waals surface area contributed by atoms with E-state index in [1.54, 1.807) is 6.26 Å². The van der Waals surface area contributed by atoms with E-state index < -0.39 is 4.99 Å². The van der Waals surface area contributed by atoms with E-state index in [2.05, 4.69) is 10.2 Å². The molecule has 0 aromatic heterocycles. The number of hydrogen-bond acceptors (Lipinski definition) is 5. The van der Waals surface area contributed by atoms with Gasteiger partial charge in [0.05, 0.1) is 11.5 Å². The Morgan fingerprint density at radius 2 is 2.16 bits per heavy atom. The van der Waals surface area contributed by atoms with Crippen LogP contribution in [0.2, 0.25) is 0 Å². The molecule has 0 spiro atoms. The first kappa shape index (κ1) is 13.7. The molecule has 19 heavy (non-hydrogen) atoms. The van der Waals surface area contributed by atoms with Crippen LogP contribution in [0.15, 0.2) is 40.6 Å². The van der Waals surface area contributed by atoms with Gasteiger partial charge in [0.25, 0.3) is 0 Å². The molecule has 1 aromatic rings. The van der Waals surface area contributed by atoms with Crippen molar-refractivity contribution < 1.29 is 4.92 Å². The van der Waals surface area contributed by atoms with Gasteiger partial charge in [-0.2, -0.15) is 5.11 Å². The number of nitro groups is 1. The van der Waals surface area contributed by atoms with Gasteiger partial charge in [0.15, 0.2) is 0 Å². The van der Waals surface area contributed by atoms with Crippen LogP contribution in [0.5, 0.6) is 0 Å². The maximum absolute atomic E-state index is 11.2. The summed E-state index contributed by atoms with van der Waals surface area (Å²) in [5, 5.41) is 18.9. The minimum Gasteiger partial charge on any atom is -0.261 e. The van der Waals surface area contributed by atoms with Crippen molar-refractivity contribution in [2.24, 2.45) is 16.1 Å². The lowest BCUT2D eigenvalue weighted by Crippen LogP contribution is -2.37. The molecule has 0 aliphatic carbocycles. The zero-order chi connectivity index (χ0) is 13.9. The normalized spacial score (nSPS) is 26.1. The first-order valence-corrected chi connectivity index (χ1v) is 7.14. The molecule has 1 aromatic carbocycles. The zero-order valence-corrected chi connectivity index (χ0v) is 11.6. The van der Waals surface area contributed by atoms with Gasteiger partial charge in [-0.1, -0.05) is 53.7 Å². The quantitative estimate of drug-likeness (QED) is 0.481. The molecule has 0 saturated carbocycles. The highest BCUT2D eigenvalue weighted by Gasteiger charge is 2.53. The molecule has 0 bridgehead atoms. The SMILES string of the molecule is CS[C@]1([N+](=O)[O-])N=NC[C@@H]1/C=C/c1ccc(C)cc1. The highest BCUT2D eigenvalue weighted by molar-refractivity contribution is 7.99. The van der Waals surface area contributed by atoms with Crippen molar-refractivity contribution in [3.8, 4) is 0 Å². The molecule has 0 fully saturated rings. The van der Waals surface area contributed by atoms with E-state index in [1.807, 2.05) is 43.3 Å². The van der Waals surface area contributed by atoms with Crippen LogP contribution in [0.3, 0.4) is 0 Å². The number of thioether (sulfide) groups is 1. The van der Waals surface area contributed by atoms with Crippen LogP contribution in [0.4, 0.5) is 0 Å². The Kier molecular flexibility index (Phi) is 3.99. The van der Waals surface area contributed by atoms with E-state index in [4.69, 9.17) is 0 Å². The van der Waals surface area contributed by atoms with E-state index in [9.17, 15) is 10.1 Å². The minimum absolute atomic E-state index is 0.307. The van der Waals surface area contributed by atoms with Crippen LogP contribution in [0, 0.1) is 23.0 Å². The third kappa shape index (κ3) is 2.68. The number of azo groups is 1. The van der Waals surface area contributed by atoms with Gasteiger partial charge in [-0.3, -0.25) is 10.1 Å². The lowest BCUT2D eigenvalue weighted by Gasteiger charge is -2.18. The molecule has 5 nitrogen and oxygen atoms in total. The van der Waals surface area contributed by atoms with Gasteiger partial charge >= 0.3 is 4.99 Å². The number of benzene rings is 1. The second kappa shape index (κ2) is 5.52. The van der Waals surface area contributed by atoms with Crippen LogP contribution >= 0.6 is 11.8 Å². The van der Waals surface area contributed by atoms with Crippen LogP contribution in [0.25, 0.3) is 6.08 Å². The molecule has 0 unspecified atom stereocenters. The predicted molar refractivity (Wildman–Crippen MR) is 76.7 cm³/mol. The smallest absolute Gasteiger partial charge is 0.261 e. The molecule has 1 aliphatic heterocycles. The zero-order valence-electron chi connectivity index (χ0n) is 10.8. The van der Waals surface area contributed by atoms with Gasteiger partial charge < -0.3 is 0 Å². The van der Waals surface area contributed by atoms with E-state index in [-0.39, 0.29) is 10.8 Å². The van der Waals surface area contributed by atoms with Crippen molar-refractivity contribution >= 4 is 17.8 Å². The van der Waals surface area contributed by atoms with Gasteiger partial charge in [-0.15, -0.1) is 5.11 Å². The average Bonchev–Trinajstić information content (AvgIpc) is 2.82. The number of rotatable bonds is 4. The lowest BCUT2D eigenvalue weighted by molar-refractivity contribution is -0.541. The van der Waals surface area contributed by atoms with Gasteiger partial charge in [0.1, 0.15) is 5.92 Å². The molecule has 100 valence electrons. The van der Waals surface area contributed by atoms with E-state index >= 15 is 0 Å². The summed E-state index contributed by atoms with van der Waals surface area (Å²) in [5.74, 6) is -0.307. The van der Waals surface area contributed by atoms with E-state index in [1.165, 1.54) is 5.56 Å². The van der Waals surface area contributed by atoms with Crippen LogP contribution in [-0.2, 0) is 0 Å². The molecule has 0 saturated heterocycles. The Labute approximate surface area is 116 Å². The third-order valence-electron chi connectivity index (χ3n) is 3.14. The average molecular weight is 277 g/mol. The Morgan fingerprint density at radius 3 is 2.74 bits per heavy atom. The van der Waals surface area contributed by atoms with Crippen molar-refractivity contribution in [3.05, 3.63) is 51.6 Å². The second-order valence-corrected chi connectivity index (χ2v) is 5.43. The summed E-state index contributed by atoms with van der Waals surface area (Å²) in [6.45, 7) is 2.39. The maximum Gasteiger partial charge on any atom is 0.384 e. The third-order valence-corrected chi connectivity index (χ3v) is 4.27. The van der Waals surface area contributed by atoms with Crippen molar-refractivity contribution in [3.63, 3.8) is 0 Å². The fraction of sp³-hybridized carbons (Fsp3) is 0.385. The number of aryl methyl sites for hydroxylation is 1. The van der Waals surface area contributed by atoms with Gasteiger partial charge in [-0.05, 0) is 18.7 Å². The summed E-state index contributed by atoms with van der Waals surface area (Å²) in [7, 11) is 0. The summed E-state index contributed by atoms with van der Waals surface area (Å²) in [5.41, 5.74) is 2.21.